The van der Waals surface area contributed by atoms with E-state index < -0.39 is 16.1 Å². The molecule has 0 aliphatic heterocycles. The number of imidazole rings is 1. The minimum atomic E-state index is -3.71. The lowest BCUT2D eigenvalue weighted by Crippen LogP contribution is -2.42. The van der Waals surface area contributed by atoms with Gasteiger partial charge in [-0.05, 0) is 56.2 Å². The van der Waals surface area contributed by atoms with E-state index in [1.165, 1.54) is 12.1 Å². The molecule has 0 spiro atoms. The molecule has 0 saturated carbocycles. The van der Waals surface area contributed by atoms with E-state index in [-0.39, 0.29) is 10.4 Å². The van der Waals surface area contributed by atoms with Crippen LogP contribution in [0.3, 0.4) is 0 Å². The monoisotopic (exact) mass is 535 g/mol. The van der Waals surface area contributed by atoms with Gasteiger partial charge in [0, 0.05) is 48.3 Å². The number of ether oxygens (including phenoxy) is 1. The minimum Gasteiger partial charge on any atom is -0.481 e. The van der Waals surface area contributed by atoms with Crippen molar-refractivity contribution < 1.29 is 18.3 Å². The highest BCUT2D eigenvalue weighted by atomic mass is 32.2. The molecule has 0 saturated heterocycles. The third kappa shape index (κ3) is 7.18. The molecule has 3 N–H and O–H groups in total. The van der Waals surface area contributed by atoms with Crippen molar-refractivity contribution in [3.05, 3.63) is 91.0 Å². The summed E-state index contributed by atoms with van der Waals surface area (Å²) in [6.07, 6.45) is 5.51. The number of nitrogens with one attached hydrogen (secondary N) is 2. The number of benzene rings is 2. The van der Waals surface area contributed by atoms with Crippen LogP contribution in [0.1, 0.15) is 31.9 Å². The molecular weight excluding hydrogens is 502 g/mol. The average molecular weight is 536 g/mol. The number of aliphatic hydroxyl groups is 1. The number of aliphatic hydroxyl groups excluding tert-OH is 1. The first kappa shape index (κ1) is 27.3. The van der Waals surface area contributed by atoms with Crippen LogP contribution in [0.4, 0.5) is 5.69 Å². The number of nitrogens with zero attached hydrogens (tertiary/aromatic N) is 3. The number of β-amino-alcohol motifs (C(OH)–C–C–N with tert-alkyl or cyclic N) is 1. The van der Waals surface area contributed by atoms with Crippen molar-refractivity contribution in [2.45, 2.75) is 43.4 Å². The first-order chi connectivity index (χ1) is 18.1. The van der Waals surface area contributed by atoms with Crippen LogP contribution in [0.2, 0.25) is 0 Å². The van der Waals surface area contributed by atoms with E-state index in [0.717, 1.165) is 24.2 Å². The number of methoxy groups -OCH3 is 1. The Bertz CT molecular complexity index is 1440. The Balaban J connectivity index is 1.31. The van der Waals surface area contributed by atoms with E-state index in [4.69, 9.17) is 4.74 Å². The molecule has 10 heteroatoms. The van der Waals surface area contributed by atoms with Crippen LogP contribution in [-0.2, 0) is 16.6 Å². The molecule has 2 aromatic heterocycles. The summed E-state index contributed by atoms with van der Waals surface area (Å²) in [5, 5.41) is 14.2. The quantitative estimate of drug-likeness (QED) is 0.248. The van der Waals surface area contributed by atoms with Crippen LogP contribution >= 0.6 is 0 Å². The van der Waals surface area contributed by atoms with Crippen molar-refractivity contribution in [3.8, 4) is 17.1 Å². The van der Waals surface area contributed by atoms with E-state index in [1.54, 1.807) is 68.2 Å². The Hall–Kier alpha value is -3.73. The Morgan fingerprint density at radius 2 is 1.84 bits per heavy atom. The summed E-state index contributed by atoms with van der Waals surface area (Å²) < 4.78 is 35.0. The normalized spacial score (nSPS) is 12.7. The summed E-state index contributed by atoms with van der Waals surface area (Å²) in [6, 6.07) is 18.7. The van der Waals surface area contributed by atoms with Gasteiger partial charge in [0.15, 0.2) is 0 Å². The van der Waals surface area contributed by atoms with Crippen LogP contribution in [0.15, 0.2) is 90.3 Å². The summed E-state index contributed by atoms with van der Waals surface area (Å²) in [5.74, 6) is 0.559. The van der Waals surface area contributed by atoms with Crippen molar-refractivity contribution in [2.24, 2.45) is 0 Å². The summed E-state index contributed by atoms with van der Waals surface area (Å²) in [5.41, 5.74) is 2.50. The molecular formula is C28H33N5O4S. The van der Waals surface area contributed by atoms with E-state index in [2.05, 4.69) is 33.9 Å². The molecule has 0 amide bonds. The van der Waals surface area contributed by atoms with Gasteiger partial charge < -0.3 is 19.7 Å². The number of hydrogen-bond acceptors (Lipinski definition) is 7. The van der Waals surface area contributed by atoms with Gasteiger partial charge in [-0.3, -0.25) is 4.72 Å². The average Bonchev–Trinajstić information content (AvgIpc) is 3.40. The van der Waals surface area contributed by atoms with Crippen LogP contribution in [-0.4, -0.2) is 47.3 Å². The fraction of sp³-hybridized carbons (Fsp3) is 0.286. The van der Waals surface area contributed by atoms with E-state index in [0.29, 0.717) is 23.7 Å². The Morgan fingerprint density at radius 3 is 2.55 bits per heavy atom. The van der Waals surface area contributed by atoms with Gasteiger partial charge in [-0.2, -0.15) is 0 Å². The fourth-order valence-corrected chi connectivity index (χ4v) is 4.97. The molecule has 2 aromatic carbocycles. The van der Waals surface area contributed by atoms with E-state index in [1.807, 2.05) is 16.8 Å². The lowest BCUT2D eigenvalue weighted by Gasteiger charge is -2.28. The molecule has 0 bridgehead atoms. The van der Waals surface area contributed by atoms with Gasteiger partial charge in [0.1, 0.15) is 0 Å². The molecule has 200 valence electrons. The van der Waals surface area contributed by atoms with Gasteiger partial charge in [0.25, 0.3) is 10.0 Å². The molecule has 4 rings (SSSR count). The molecule has 38 heavy (non-hydrogen) atoms. The van der Waals surface area contributed by atoms with Crippen molar-refractivity contribution in [1.29, 1.82) is 0 Å². The molecule has 2 heterocycles. The maximum absolute atomic E-state index is 12.6. The van der Waals surface area contributed by atoms with Crippen molar-refractivity contribution in [3.63, 3.8) is 0 Å². The number of aromatic nitrogens is 3. The molecule has 0 fully saturated rings. The molecule has 0 radical (unpaired) electrons. The second-order valence-corrected chi connectivity index (χ2v) is 11.3. The van der Waals surface area contributed by atoms with Crippen molar-refractivity contribution in [2.75, 3.05) is 18.4 Å². The van der Waals surface area contributed by atoms with Crippen LogP contribution in [0.25, 0.3) is 11.3 Å². The van der Waals surface area contributed by atoms with Crippen LogP contribution in [0.5, 0.6) is 5.88 Å². The lowest BCUT2D eigenvalue weighted by molar-refractivity contribution is 0.158. The van der Waals surface area contributed by atoms with Gasteiger partial charge >= 0.3 is 0 Å². The standard InChI is InChI=1S/C28H33N5O4S/c1-28(2,14-15-33-19-25(30-20-33)22-12-13-27(37-3)29-17-22)31-18-26(34)21-8-7-9-23(16-21)32-38(35,36)24-10-5-4-6-11-24/h4-13,16-17,19-20,26,31-32,34H,14-15,18H2,1-3H3. The molecule has 9 nitrogen and oxygen atoms in total. The minimum absolute atomic E-state index is 0.181. The maximum atomic E-state index is 12.6. The number of rotatable bonds is 12. The predicted molar refractivity (Wildman–Crippen MR) is 147 cm³/mol. The molecule has 1 atom stereocenters. The SMILES string of the molecule is COc1ccc(-c2cn(CCC(C)(C)NCC(O)c3cccc(NS(=O)(=O)c4ccccc4)c3)cn2)cn1. The number of hydrogen-bond donors (Lipinski definition) is 3. The highest BCUT2D eigenvalue weighted by Gasteiger charge is 2.20. The van der Waals surface area contributed by atoms with Crippen LogP contribution < -0.4 is 14.8 Å². The number of pyridine rings is 1. The van der Waals surface area contributed by atoms with E-state index >= 15 is 0 Å². The predicted octanol–water partition coefficient (Wildman–Crippen LogP) is 4.25. The Labute approximate surface area is 223 Å². The fourth-order valence-electron chi connectivity index (χ4n) is 3.89. The summed E-state index contributed by atoms with van der Waals surface area (Å²) in [7, 11) is -2.13. The third-order valence-electron chi connectivity index (χ3n) is 6.22. The zero-order chi connectivity index (χ0) is 27.2. The summed E-state index contributed by atoms with van der Waals surface area (Å²) >= 11 is 0. The highest BCUT2D eigenvalue weighted by Crippen LogP contribution is 2.22. The first-order valence-electron chi connectivity index (χ1n) is 12.3. The topological polar surface area (TPSA) is 118 Å². The number of sulfonamides is 1. The number of anilines is 1. The zero-order valence-corrected chi connectivity index (χ0v) is 22.5. The smallest absolute Gasteiger partial charge is 0.261 e. The third-order valence-corrected chi connectivity index (χ3v) is 7.62. The van der Waals surface area contributed by atoms with Gasteiger partial charge in [0.2, 0.25) is 5.88 Å². The Morgan fingerprint density at radius 1 is 1.05 bits per heavy atom. The Kier molecular flexibility index (Phi) is 8.45. The maximum Gasteiger partial charge on any atom is 0.261 e. The van der Waals surface area contributed by atoms with Gasteiger partial charge in [-0.25, -0.2) is 18.4 Å². The largest absolute Gasteiger partial charge is 0.481 e. The van der Waals surface area contributed by atoms with Crippen LogP contribution in [0, 0.1) is 0 Å². The van der Waals surface area contributed by atoms with Crippen molar-refractivity contribution >= 4 is 15.7 Å². The first-order valence-corrected chi connectivity index (χ1v) is 13.8. The second kappa shape index (κ2) is 11.8. The highest BCUT2D eigenvalue weighted by molar-refractivity contribution is 7.92. The van der Waals surface area contributed by atoms with E-state index in [9.17, 15) is 13.5 Å². The lowest BCUT2D eigenvalue weighted by atomic mass is 9.99. The molecule has 0 aliphatic carbocycles. The summed E-state index contributed by atoms with van der Waals surface area (Å²) in [6.45, 7) is 5.21. The van der Waals surface area contributed by atoms with Gasteiger partial charge in [-0.1, -0.05) is 30.3 Å². The van der Waals surface area contributed by atoms with Crippen molar-refractivity contribution in [1.82, 2.24) is 19.9 Å². The molecule has 1 unspecified atom stereocenters. The summed E-state index contributed by atoms with van der Waals surface area (Å²) in [4.78, 5) is 8.89. The number of aryl methyl sites for hydroxylation is 1. The zero-order valence-electron chi connectivity index (χ0n) is 21.7. The molecule has 0 aliphatic rings. The molecule has 4 aromatic rings. The van der Waals surface area contributed by atoms with Gasteiger partial charge in [0.05, 0.1) is 30.1 Å². The van der Waals surface area contributed by atoms with Gasteiger partial charge in [-0.15, -0.1) is 0 Å². The second-order valence-electron chi connectivity index (χ2n) is 9.66.